The average Bonchev–Trinajstić information content (AvgIpc) is 2.80. The third kappa shape index (κ3) is 2.51. The predicted octanol–water partition coefficient (Wildman–Crippen LogP) is 2.70. The summed E-state index contributed by atoms with van der Waals surface area (Å²) in [5, 5.41) is 16.6. The number of anilines is 1. The summed E-state index contributed by atoms with van der Waals surface area (Å²) >= 11 is 5.84. The fourth-order valence-electron chi connectivity index (χ4n) is 1.78. The van der Waals surface area contributed by atoms with Crippen molar-refractivity contribution in [1.82, 2.24) is 19.8 Å². The van der Waals surface area contributed by atoms with Crippen LogP contribution in [0.25, 0.3) is 5.65 Å². The third-order valence-electron chi connectivity index (χ3n) is 2.76. The second-order valence-electron chi connectivity index (χ2n) is 4.22. The van der Waals surface area contributed by atoms with Gasteiger partial charge in [0, 0.05) is 10.7 Å². The van der Waals surface area contributed by atoms with Crippen LogP contribution in [0.1, 0.15) is 11.5 Å². The zero-order valence-electron chi connectivity index (χ0n) is 10.3. The van der Waals surface area contributed by atoms with Crippen LogP contribution in [0.3, 0.4) is 0 Å². The summed E-state index contributed by atoms with van der Waals surface area (Å²) in [4.78, 5) is 0. The Morgan fingerprint density at radius 1 is 1.11 bits per heavy atom. The highest BCUT2D eigenvalue weighted by atomic mass is 35.5. The van der Waals surface area contributed by atoms with Crippen molar-refractivity contribution in [3.63, 3.8) is 0 Å². The molecule has 2 heterocycles. The van der Waals surface area contributed by atoms with Crippen molar-refractivity contribution >= 4 is 22.9 Å². The van der Waals surface area contributed by atoms with Gasteiger partial charge in [0.15, 0.2) is 11.5 Å². The second kappa shape index (κ2) is 4.85. The Kier molecular flexibility index (Phi) is 3.05. The van der Waals surface area contributed by atoms with Gasteiger partial charge in [-0.05, 0) is 43.3 Å². The molecule has 2 aromatic heterocycles. The highest BCUT2D eigenvalue weighted by molar-refractivity contribution is 6.30. The van der Waals surface area contributed by atoms with Crippen LogP contribution in [0, 0.1) is 6.92 Å². The topological polar surface area (TPSA) is 55.1 Å². The molecule has 0 aliphatic heterocycles. The predicted molar refractivity (Wildman–Crippen MR) is 74.3 cm³/mol. The molecule has 0 saturated carbocycles. The van der Waals surface area contributed by atoms with Gasteiger partial charge in [0.1, 0.15) is 0 Å². The van der Waals surface area contributed by atoms with E-state index in [2.05, 4.69) is 20.6 Å². The molecule has 0 amide bonds. The van der Waals surface area contributed by atoms with Crippen LogP contribution in [-0.2, 0) is 6.54 Å². The molecule has 3 aromatic rings. The Bertz CT molecular complexity index is 705. The van der Waals surface area contributed by atoms with E-state index < -0.39 is 0 Å². The largest absolute Gasteiger partial charge is 0.378 e. The maximum atomic E-state index is 5.84. The first kappa shape index (κ1) is 11.9. The highest BCUT2D eigenvalue weighted by Crippen LogP contribution is 2.14. The molecule has 0 fully saturated rings. The lowest BCUT2D eigenvalue weighted by Crippen LogP contribution is -2.06. The van der Waals surface area contributed by atoms with Crippen molar-refractivity contribution in [2.24, 2.45) is 0 Å². The molecule has 96 valence electrons. The molecule has 0 atom stereocenters. The molecular formula is C13H12ClN5. The van der Waals surface area contributed by atoms with Crippen LogP contribution >= 0.6 is 11.6 Å². The minimum atomic E-state index is 0.555. The van der Waals surface area contributed by atoms with E-state index in [-0.39, 0.29) is 0 Å². The van der Waals surface area contributed by atoms with Crippen LogP contribution < -0.4 is 5.32 Å². The Balaban J connectivity index is 1.81. The monoisotopic (exact) mass is 273 g/mol. The van der Waals surface area contributed by atoms with Gasteiger partial charge in [0.2, 0.25) is 0 Å². The second-order valence-corrected chi connectivity index (χ2v) is 4.66. The van der Waals surface area contributed by atoms with Crippen LogP contribution in [0.15, 0.2) is 36.4 Å². The standard InChI is InChI=1S/C13H12ClN5/c1-9-2-7-12-16-17-13(19(12)18-9)8-15-11-5-3-10(14)4-6-11/h2-7,15H,8H2,1H3. The van der Waals surface area contributed by atoms with Gasteiger partial charge in [-0.2, -0.15) is 9.61 Å². The molecule has 0 unspecified atom stereocenters. The number of rotatable bonds is 3. The molecular weight excluding hydrogens is 262 g/mol. The summed E-state index contributed by atoms with van der Waals surface area (Å²) in [6.07, 6.45) is 0. The van der Waals surface area contributed by atoms with E-state index in [4.69, 9.17) is 11.6 Å². The Hall–Kier alpha value is -2.14. The molecule has 1 aromatic carbocycles. The molecule has 0 aliphatic rings. The van der Waals surface area contributed by atoms with Crippen LogP contribution in [-0.4, -0.2) is 19.8 Å². The van der Waals surface area contributed by atoms with Gasteiger partial charge in [-0.15, -0.1) is 10.2 Å². The van der Waals surface area contributed by atoms with E-state index in [0.717, 1.165) is 27.9 Å². The van der Waals surface area contributed by atoms with Gasteiger partial charge >= 0.3 is 0 Å². The van der Waals surface area contributed by atoms with Gasteiger partial charge in [-0.3, -0.25) is 0 Å². The number of aryl methyl sites for hydroxylation is 1. The van der Waals surface area contributed by atoms with E-state index in [1.807, 2.05) is 43.3 Å². The van der Waals surface area contributed by atoms with Crippen molar-refractivity contribution in [2.45, 2.75) is 13.5 Å². The van der Waals surface area contributed by atoms with Crippen molar-refractivity contribution in [1.29, 1.82) is 0 Å². The number of nitrogens with zero attached hydrogens (tertiary/aromatic N) is 4. The van der Waals surface area contributed by atoms with E-state index in [1.54, 1.807) is 4.52 Å². The fraction of sp³-hybridized carbons (Fsp3) is 0.154. The number of aromatic nitrogens is 4. The quantitative estimate of drug-likeness (QED) is 0.797. The lowest BCUT2D eigenvalue weighted by molar-refractivity contribution is 0.812. The normalized spacial score (nSPS) is 10.8. The lowest BCUT2D eigenvalue weighted by atomic mass is 10.3. The summed E-state index contributed by atoms with van der Waals surface area (Å²) in [6.45, 7) is 2.50. The van der Waals surface area contributed by atoms with Gasteiger partial charge < -0.3 is 5.32 Å². The van der Waals surface area contributed by atoms with Crippen molar-refractivity contribution in [3.8, 4) is 0 Å². The van der Waals surface area contributed by atoms with Crippen LogP contribution in [0.4, 0.5) is 5.69 Å². The third-order valence-corrected chi connectivity index (χ3v) is 3.01. The van der Waals surface area contributed by atoms with Gasteiger partial charge in [0.05, 0.1) is 12.2 Å². The van der Waals surface area contributed by atoms with E-state index in [0.29, 0.717) is 6.54 Å². The number of nitrogens with one attached hydrogen (secondary N) is 1. The molecule has 0 spiro atoms. The number of hydrogen-bond acceptors (Lipinski definition) is 4. The van der Waals surface area contributed by atoms with E-state index in [9.17, 15) is 0 Å². The summed E-state index contributed by atoms with van der Waals surface area (Å²) < 4.78 is 1.75. The first-order valence-electron chi connectivity index (χ1n) is 5.90. The van der Waals surface area contributed by atoms with Crippen molar-refractivity contribution in [3.05, 3.63) is 52.9 Å². The molecule has 6 heteroatoms. The summed E-state index contributed by atoms with van der Waals surface area (Å²) in [6, 6.07) is 11.3. The van der Waals surface area contributed by atoms with E-state index in [1.165, 1.54) is 0 Å². The van der Waals surface area contributed by atoms with Crippen molar-refractivity contribution < 1.29 is 0 Å². The molecule has 1 N–H and O–H groups in total. The molecule has 0 radical (unpaired) electrons. The summed E-state index contributed by atoms with van der Waals surface area (Å²) in [7, 11) is 0. The number of hydrogen-bond donors (Lipinski definition) is 1. The molecule has 3 rings (SSSR count). The highest BCUT2D eigenvalue weighted by Gasteiger charge is 2.06. The number of fused-ring (bicyclic) bond motifs is 1. The maximum absolute atomic E-state index is 5.84. The SMILES string of the molecule is Cc1ccc2nnc(CNc3ccc(Cl)cc3)n2n1. The molecule has 5 nitrogen and oxygen atoms in total. The maximum Gasteiger partial charge on any atom is 0.177 e. The fourth-order valence-corrected chi connectivity index (χ4v) is 1.91. The Labute approximate surface area is 115 Å². The van der Waals surface area contributed by atoms with Crippen LogP contribution in [0.5, 0.6) is 0 Å². The Morgan fingerprint density at radius 3 is 2.68 bits per heavy atom. The number of halogens is 1. The molecule has 19 heavy (non-hydrogen) atoms. The average molecular weight is 274 g/mol. The molecule has 0 saturated heterocycles. The zero-order valence-corrected chi connectivity index (χ0v) is 11.1. The van der Waals surface area contributed by atoms with Crippen molar-refractivity contribution in [2.75, 3.05) is 5.32 Å². The smallest absolute Gasteiger partial charge is 0.177 e. The van der Waals surface area contributed by atoms with Gasteiger partial charge in [0.25, 0.3) is 0 Å². The first-order valence-corrected chi connectivity index (χ1v) is 6.27. The Morgan fingerprint density at radius 2 is 1.89 bits per heavy atom. The lowest BCUT2D eigenvalue weighted by Gasteiger charge is -2.05. The molecule has 0 aliphatic carbocycles. The van der Waals surface area contributed by atoms with E-state index >= 15 is 0 Å². The zero-order chi connectivity index (χ0) is 13.2. The minimum absolute atomic E-state index is 0.555. The van der Waals surface area contributed by atoms with Gasteiger partial charge in [-0.25, -0.2) is 0 Å². The minimum Gasteiger partial charge on any atom is -0.378 e. The first-order chi connectivity index (χ1) is 9.22. The number of benzene rings is 1. The summed E-state index contributed by atoms with van der Waals surface area (Å²) in [5.41, 5.74) is 2.66. The van der Waals surface area contributed by atoms with Gasteiger partial charge in [-0.1, -0.05) is 11.6 Å². The summed E-state index contributed by atoms with van der Waals surface area (Å²) in [5.74, 6) is 0.772. The van der Waals surface area contributed by atoms with Crippen LogP contribution in [0.2, 0.25) is 5.02 Å². The molecule has 0 bridgehead atoms.